The lowest BCUT2D eigenvalue weighted by molar-refractivity contribution is 0.462. The van der Waals surface area contributed by atoms with Crippen molar-refractivity contribution in [1.82, 2.24) is 14.8 Å². The molecule has 0 aliphatic carbocycles. The first-order valence-electron chi connectivity index (χ1n) is 6.81. The maximum atomic E-state index is 4.69. The number of aliphatic imine (C=N–C) groups is 1. The van der Waals surface area contributed by atoms with Crippen molar-refractivity contribution in [2.75, 3.05) is 13.6 Å². The van der Waals surface area contributed by atoms with Crippen LogP contribution in [0.1, 0.15) is 18.2 Å². The molecule has 0 aliphatic rings. The molecular weight excluding hydrogens is 395 g/mol. The number of nitrogens with zero attached hydrogens (tertiary/aromatic N) is 3. The van der Waals surface area contributed by atoms with Gasteiger partial charge in [-0.05, 0) is 41.4 Å². The van der Waals surface area contributed by atoms with Crippen LogP contribution in [-0.4, -0.2) is 29.0 Å². The molecule has 6 heteroatoms. The Balaban J connectivity index is 0.00000220. The van der Waals surface area contributed by atoms with Crippen LogP contribution in [0.3, 0.4) is 0 Å². The second-order valence-electron chi connectivity index (χ2n) is 4.77. The molecular formula is C15H23IN4S. The Morgan fingerprint density at radius 3 is 2.81 bits per heavy atom. The third-order valence-electron chi connectivity index (χ3n) is 3.14. The van der Waals surface area contributed by atoms with Crippen molar-refractivity contribution in [3.8, 4) is 0 Å². The molecule has 21 heavy (non-hydrogen) atoms. The summed E-state index contributed by atoms with van der Waals surface area (Å²) in [6.45, 7) is 4.54. The van der Waals surface area contributed by atoms with Crippen molar-refractivity contribution < 1.29 is 0 Å². The summed E-state index contributed by atoms with van der Waals surface area (Å²) < 4.78 is 2.14. The van der Waals surface area contributed by atoms with E-state index in [2.05, 4.69) is 71.0 Å². The quantitative estimate of drug-likeness (QED) is 0.459. The van der Waals surface area contributed by atoms with Gasteiger partial charge >= 0.3 is 0 Å². The Bertz CT molecular complexity index is 548. The fourth-order valence-corrected chi connectivity index (χ4v) is 2.66. The molecule has 0 spiro atoms. The highest BCUT2D eigenvalue weighted by Gasteiger charge is 2.08. The van der Waals surface area contributed by atoms with Crippen molar-refractivity contribution in [3.05, 3.63) is 46.4 Å². The number of guanidine groups is 1. The summed E-state index contributed by atoms with van der Waals surface area (Å²) in [6.07, 6.45) is 2.07. The maximum Gasteiger partial charge on any atom is 0.194 e. The van der Waals surface area contributed by atoms with Gasteiger partial charge in [-0.15, -0.1) is 24.0 Å². The highest BCUT2D eigenvalue weighted by atomic mass is 127. The summed E-state index contributed by atoms with van der Waals surface area (Å²) in [4.78, 5) is 6.85. The van der Waals surface area contributed by atoms with Gasteiger partial charge < -0.3 is 14.8 Å². The standard InChI is InChI=1S/C15H22N4S.HI/c1-4-16-15(17-10-13-7-9-20-12-13)19(3)11-14-6-5-8-18(14)2;/h5-9,12H,4,10-11H2,1-3H3,(H,16,17);1H. The number of hydrogen-bond donors (Lipinski definition) is 1. The summed E-state index contributed by atoms with van der Waals surface area (Å²) in [7, 11) is 4.14. The van der Waals surface area contributed by atoms with Crippen molar-refractivity contribution in [3.63, 3.8) is 0 Å². The molecule has 2 rings (SSSR count). The molecule has 0 saturated carbocycles. The zero-order valence-electron chi connectivity index (χ0n) is 12.7. The van der Waals surface area contributed by atoms with Crippen LogP contribution in [0, 0.1) is 0 Å². The number of halogens is 1. The summed E-state index contributed by atoms with van der Waals surface area (Å²) in [5, 5.41) is 7.58. The number of aryl methyl sites for hydroxylation is 1. The van der Waals surface area contributed by atoms with Gasteiger partial charge in [0.2, 0.25) is 0 Å². The molecule has 0 aliphatic heterocycles. The van der Waals surface area contributed by atoms with Gasteiger partial charge in [-0.2, -0.15) is 11.3 Å². The van der Waals surface area contributed by atoms with Crippen LogP contribution in [-0.2, 0) is 20.1 Å². The van der Waals surface area contributed by atoms with Crippen LogP contribution in [0.4, 0.5) is 0 Å². The topological polar surface area (TPSA) is 32.6 Å². The van der Waals surface area contributed by atoms with Crippen LogP contribution in [0.5, 0.6) is 0 Å². The zero-order valence-corrected chi connectivity index (χ0v) is 15.9. The third kappa shape index (κ3) is 5.35. The van der Waals surface area contributed by atoms with Gasteiger partial charge in [0.25, 0.3) is 0 Å². The Morgan fingerprint density at radius 1 is 1.43 bits per heavy atom. The average Bonchev–Trinajstić information content (AvgIpc) is 3.07. The summed E-state index contributed by atoms with van der Waals surface area (Å²) in [5.41, 5.74) is 2.53. The lowest BCUT2D eigenvalue weighted by Gasteiger charge is -2.22. The Morgan fingerprint density at radius 2 is 2.24 bits per heavy atom. The van der Waals surface area contributed by atoms with Gasteiger partial charge in [0.05, 0.1) is 13.1 Å². The highest BCUT2D eigenvalue weighted by Crippen LogP contribution is 2.08. The molecule has 1 N–H and O–H groups in total. The van der Waals surface area contributed by atoms with Crippen molar-refractivity contribution >= 4 is 41.3 Å². The molecule has 0 atom stereocenters. The minimum Gasteiger partial charge on any atom is -0.357 e. The van der Waals surface area contributed by atoms with E-state index in [0.29, 0.717) is 0 Å². The van der Waals surface area contributed by atoms with Crippen LogP contribution in [0.2, 0.25) is 0 Å². The van der Waals surface area contributed by atoms with E-state index < -0.39 is 0 Å². The van der Waals surface area contributed by atoms with Gasteiger partial charge in [-0.25, -0.2) is 4.99 Å². The molecule has 0 saturated heterocycles. The molecule has 0 aromatic carbocycles. The predicted molar refractivity (Wildman–Crippen MR) is 101 cm³/mol. The highest BCUT2D eigenvalue weighted by molar-refractivity contribution is 14.0. The first kappa shape index (κ1) is 18.0. The van der Waals surface area contributed by atoms with E-state index in [1.165, 1.54) is 11.3 Å². The number of aromatic nitrogens is 1. The SMILES string of the molecule is CCNC(=NCc1ccsc1)N(C)Cc1cccn1C.I. The lowest BCUT2D eigenvalue weighted by atomic mass is 10.3. The molecule has 0 bridgehead atoms. The van der Waals surface area contributed by atoms with Gasteiger partial charge in [0.15, 0.2) is 5.96 Å². The normalized spacial score (nSPS) is 11.1. The lowest BCUT2D eigenvalue weighted by Crippen LogP contribution is -2.38. The molecule has 0 fully saturated rings. The fraction of sp³-hybridized carbons (Fsp3) is 0.400. The number of rotatable bonds is 5. The van der Waals surface area contributed by atoms with E-state index in [1.807, 2.05) is 0 Å². The third-order valence-corrected chi connectivity index (χ3v) is 3.87. The first-order chi connectivity index (χ1) is 9.70. The van der Waals surface area contributed by atoms with E-state index in [9.17, 15) is 0 Å². The van der Waals surface area contributed by atoms with Gasteiger partial charge in [-0.3, -0.25) is 0 Å². The van der Waals surface area contributed by atoms with Gasteiger partial charge in [0.1, 0.15) is 0 Å². The minimum absolute atomic E-state index is 0. The monoisotopic (exact) mass is 418 g/mol. The van der Waals surface area contributed by atoms with E-state index in [1.54, 1.807) is 11.3 Å². The van der Waals surface area contributed by atoms with Gasteiger partial charge in [-0.1, -0.05) is 0 Å². The van der Waals surface area contributed by atoms with Crippen molar-refractivity contribution in [2.45, 2.75) is 20.0 Å². The average molecular weight is 418 g/mol. The number of thiophene rings is 1. The Hall–Kier alpha value is -1.02. The van der Waals surface area contributed by atoms with Crippen molar-refractivity contribution in [2.24, 2.45) is 12.0 Å². The molecule has 116 valence electrons. The molecule has 4 nitrogen and oxygen atoms in total. The van der Waals surface area contributed by atoms with Crippen LogP contribution in [0.15, 0.2) is 40.1 Å². The summed E-state index contributed by atoms with van der Waals surface area (Å²) in [5.74, 6) is 0.944. The fourth-order valence-electron chi connectivity index (χ4n) is 2.00. The van der Waals surface area contributed by atoms with Crippen LogP contribution < -0.4 is 5.32 Å². The molecule has 0 radical (unpaired) electrons. The summed E-state index contributed by atoms with van der Waals surface area (Å²) in [6, 6.07) is 6.33. The molecule has 2 aromatic rings. The van der Waals surface area contributed by atoms with E-state index in [4.69, 9.17) is 4.99 Å². The molecule has 0 unspecified atom stereocenters. The molecule has 0 amide bonds. The first-order valence-corrected chi connectivity index (χ1v) is 7.75. The zero-order chi connectivity index (χ0) is 14.4. The summed E-state index contributed by atoms with van der Waals surface area (Å²) >= 11 is 1.71. The number of nitrogens with one attached hydrogen (secondary N) is 1. The Labute approximate surface area is 147 Å². The van der Waals surface area contributed by atoms with E-state index in [-0.39, 0.29) is 24.0 Å². The van der Waals surface area contributed by atoms with E-state index in [0.717, 1.165) is 25.6 Å². The smallest absolute Gasteiger partial charge is 0.194 e. The number of hydrogen-bond acceptors (Lipinski definition) is 2. The van der Waals surface area contributed by atoms with Crippen LogP contribution in [0.25, 0.3) is 0 Å². The molecule has 2 aromatic heterocycles. The predicted octanol–water partition coefficient (Wildman–Crippen LogP) is 3.30. The van der Waals surface area contributed by atoms with Gasteiger partial charge in [0, 0.05) is 32.5 Å². The Kier molecular flexibility index (Phi) is 7.81. The second-order valence-corrected chi connectivity index (χ2v) is 5.55. The molecule has 2 heterocycles. The minimum atomic E-state index is 0. The van der Waals surface area contributed by atoms with E-state index >= 15 is 0 Å². The maximum absolute atomic E-state index is 4.69. The van der Waals surface area contributed by atoms with Crippen molar-refractivity contribution in [1.29, 1.82) is 0 Å². The second kappa shape index (κ2) is 9.09. The van der Waals surface area contributed by atoms with Crippen LogP contribution >= 0.6 is 35.3 Å². The largest absolute Gasteiger partial charge is 0.357 e.